The van der Waals surface area contributed by atoms with Gasteiger partial charge in [-0.15, -0.1) is 0 Å². The summed E-state index contributed by atoms with van der Waals surface area (Å²) < 4.78 is 5.24. The first kappa shape index (κ1) is 16.4. The lowest BCUT2D eigenvalue weighted by atomic mass is 10.1. The fraction of sp³-hybridized carbons (Fsp3) is 0.727. The van der Waals surface area contributed by atoms with Gasteiger partial charge in [-0.1, -0.05) is 0 Å². The molecule has 0 amide bonds. The maximum absolute atomic E-state index is 11.4. The molecule has 0 saturated carbocycles. The Morgan fingerprint density at radius 3 is 1.94 bits per heavy atom. The second kappa shape index (κ2) is 6.95. The van der Waals surface area contributed by atoms with Gasteiger partial charge in [0.1, 0.15) is 5.60 Å². The van der Waals surface area contributed by atoms with Gasteiger partial charge in [-0.2, -0.15) is 0 Å². The summed E-state index contributed by atoms with van der Waals surface area (Å²) in [6.07, 6.45) is 0.912. The predicted octanol–water partition coefficient (Wildman–Crippen LogP) is 0.0932. The molecule has 18 heavy (non-hydrogen) atoms. The number of ether oxygens (including phenoxy) is 1. The van der Waals surface area contributed by atoms with Crippen LogP contribution in [0.3, 0.4) is 0 Å². The van der Waals surface area contributed by atoms with E-state index in [2.05, 4.69) is 5.32 Å². The number of hydrogen-bond acceptors (Lipinski definition) is 5. The van der Waals surface area contributed by atoms with Crippen LogP contribution in [-0.2, 0) is 19.1 Å². The minimum absolute atomic E-state index is 0.0625. The highest BCUT2D eigenvalue weighted by molar-refractivity contribution is 6.27. The molecule has 1 rings (SSSR count). The maximum atomic E-state index is 11.4. The van der Waals surface area contributed by atoms with Crippen molar-refractivity contribution in [3.63, 3.8) is 0 Å². The van der Waals surface area contributed by atoms with E-state index >= 15 is 0 Å². The molecule has 1 fully saturated rings. The zero-order valence-corrected chi connectivity index (χ0v) is 10.7. The van der Waals surface area contributed by atoms with Gasteiger partial charge in [-0.05, 0) is 33.7 Å². The van der Waals surface area contributed by atoms with Crippen LogP contribution in [0, 0.1) is 5.92 Å². The van der Waals surface area contributed by atoms with Crippen LogP contribution in [0.4, 0.5) is 0 Å². The number of nitrogens with one attached hydrogen (secondary N) is 1. The van der Waals surface area contributed by atoms with Crippen molar-refractivity contribution in [1.29, 1.82) is 0 Å². The van der Waals surface area contributed by atoms with E-state index in [1.807, 2.05) is 20.8 Å². The van der Waals surface area contributed by atoms with Gasteiger partial charge >= 0.3 is 17.9 Å². The lowest BCUT2D eigenvalue weighted by Crippen LogP contribution is -2.29. The van der Waals surface area contributed by atoms with Crippen molar-refractivity contribution in [2.45, 2.75) is 32.8 Å². The summed E-state index contributed by atoms with van der Waals surface area (Å²) in [6.45, 7) is 7.40. The molecule has 1 atom stereocenters. The van der Waals surface area contributed by atoms with Crippen molar-refractivity contribution in [3.05, 3.63) is 0 Å². The average molecular weight is 261 g/mol. The van der Waals surface area contributed by atoms with Crippen LogP contribution < -0.4 is 5.32 Å². The highest BCUT2D eigenvalue weighted by atomic mass is 16.6. The number of hydrogen-bond donors (Lipinski definition) is 3. The Bertz CT molecular complexity index is 302. The Morgan fingerprint density at radius 2 is 1.67 bits per heavy atom. The normalized spacial score (nSPS) is 18.5. The molecule has 1 aliphatic heterocycles. The molecule has 7 nitrogen and oxygen atoms in total. The molecule has 0 aliphatic carbocycles. The van der Waals surface area contributed by atoms with Crippen LogP contribution in [0.25, 0.3) is 0 Å². The van der Waals surface area contributed by atoms with E-state index in [1.165, 1.54) is 0 Å². The van der Waals surface area contributed by atoms with E-state index in [1.54, 1.807) is 0 Å². The fourth-order valence-electron chi connectivity index (χ4n) is 1.24. The van der Waals surface area contributed by atoms with E-state index in [0.717, 1.165) is 19.5 Å². The Kier molecular flexibility index (Phi) is 6.32. The van der Waals surface area contributed by atoms with E-state index < -0.39 is 11.9 Å². The van der Waals surface area contributed by atoms with Gasteiger partial charge < -0.3 is 20.3 Å². The van der Waals surface area contributed by atoms with Gasteiger partial charge in [0, 0.05) is 6.54 Å². The number of aliphatic carboxylic acids is 2. The third-order valence-corrected chi connectivity index (χ3v) is 1.98. The van der Waals surface area contributed by atoms with Crippen LogP contribution in [0.5, 0.6) is 0 Å². The van der Waals surface area contributed by atoms with Crippen molar-refractivity contribution < 1.29 is 29.3 Å². The van der Waals surface area contributed by atoms with Crippen molar-refractivity contribution in [2.24, 2.45) is 5.92 Å². The SMILES string of the molecule is CC(C)(C)OC(=O)[C@H]1CCNC1.O=C(O)C(=O)O. The molecule has 7 heteroatoms. The number of carboxylic acid groups (broad SMARTS) is 2. The van der Waals surface area contributed by atoms with Gasteiger partial charge in [0.2, 0.25) is 0 Å². The average Bonchev–Trinajstić information content (AvgIpc) is 2.68. The number of carbonyl (C=O) groups is 3. The molecule has 0 aromatic rings. The molecule has 0 aromatic heterocycles. The molecule has 0 aromatic carbocycles. The number of carbonyl (C=O) groups excluding carboxylic acids is 1. The van der Waals surface area contributed by atoms with Crippen molar-refractivity contribution in [2.75, 3.05) is 13.1 Å². The van der Waals surface area contributed by atoms with Gasteiger partial charge in [-0.25, -0.2) is 9.59 Å². The standard InChI is InChI=1S/C9H17NO2.C2H2O4/c1-9(2,3)12-8(11)7-4-5-10-6-7;3-1(4)2(5)6/h7,10H,4-6H2,1-3H3;(H,3,4)(H,5,6)/t7-;/m0./s1. The second-order valence-corrected chi connectivity index (χ2v) is 4.83. The van der Waals surface area contributed by atoms with Crippen LogP contribution >= 0.6 is 0 Å². The zero-order valence-electron chi connectivity index (χ0n) is 10.7. The van der Waals surface area contributed by atoms with E-state index in [-0.39, 0.29) is 17.5 Å². The third kappa shape index (κ3) is 7.61. The molecule has 3 N–H and O–H groups in total. The quantitative estimate of drug-likeness (QED) is 0.453. The van der Waals surface area contributed by atoms with Crippen LogP contribution in [0.2, 0.25) is 0 Å². The number of rotatable bonds is 1. The van der Waals surface area contributed by atoms with Gasteiger partial charge in [0.15, 0.2) is 0 Å². The molecule has 1 heterocycles. The van der Waals surface area contributed by atoms with Gasteiger partial charge in [0.25, 0.3) is 0 Å². The van der Waals surface area contributed by atoms with Crippen LogP contribution in [-0.4, -0.2) is 46.8 Å². The van der Waals surface area contributed by atoms with Crippen molar-refractivity contribution in [1.82, 2.24) is 5.32 Å². The first-order chi connectivity index (χ1) is 8.13. The topological polar surface area (TPSA) is 113 Å². The minimum atomic E-state index is -1.82. The first-order valence-corrected chi connectivity index (χ1v) is 5.53. The Labute approximate surface area is 105 Å². The van der Waals surface area contributed by atoms with E-state index in [4.69, 9.17) is 24.5 Å². The molecule has 0 unspecified atom stereocenters. The molecule has 0 bridgehead atoms. The summed E-state index contributed by atoms with van der Waals surface area (Å²) in [4.78, 5) is 29.6. The molecular weight excluding hydrogens is 242 g/mol. The molecule has 1 saturated heterocycles. The lowest BCUT2D eigenvalue weighted by molar-refractivity contribution is -0.159. The Balaban J connectivity index is 0.000000411. The van der Waals surface area contributed by atoms with E-state index in [0.29, 0.717) is 0 Å². The molecule has 0 spiro atoms. The smallest absolute Gasteiger partial charge is 0.414 e. The fourth-order valence-corrected chi connectivity index (χ4v) is 1.24. The molecule has 1 aliphatic rings. The third-order valence-electron chi connectivity index (χ3n) is 1.98. The van der Waals surface area contributed by atoms with Crippen LogP contribution in [0.15, 0.2) is 0 Å². The Morgan fingerprint density at radius 1 is 1.17 bits per heavy atom. The summed E-state index contributed by atoms with van der Waals surface area (Å²) in [7, 11) is 0. The molecular formula is C11H19NO6. The molecule has 0 radical (unpaired) electrons. The van der Waals surface area contributed by atoms with Crippen LogP contribution in [0.1, 0.15) is 27.2 Å². The maximum Gasteiger partial charge on any atom is 0.414 e. The Hall–Kier alpha value is -1.63. The monoisotopic (exact) mass is 261 g/mol. The van der Waals surface area contributed by atoms with Crippen molar-refractivity contribution in [3.8, 4) is 0 Å². The summed E-state index contributed by atoms with van der Waals surface area (Å²) in [5.74, 6) is -3.64. The summed E-state index contributed by atoms with van der Waals surface area (Å²) in [5, 5.41) is 17.9. The minimum Gasteiger partial charge on any atom is -0.473 e. The zero-order chi connectivity index (χ0) is 14.3. The van der Waals surface area contributed by atoms with E-state index in [9.17, 15) is 4.79 Å². The summed E-state index contributed by atoms with van der Waals surface area (Å²) in [6, 6.07) is 0. The van der Waals surface area contributed by atoms with Gasteiger partial charge in [-0.3, -0.25) is 4.79 Å². The summed E-state index contributed by atoms with van der Waals surface area (Å²) >= 11 is 0. The largest absolute Gasteiger partial charge is 0.473 e. The van der Waals surface area contributed by atoms with Gasteiger partial charge in [0.05, 0.1) is 5.92 Å². The predicted molar refractivity (Wildman–Crippen MR) is 62.1 cm³/mol. The lowest BCUT2D eigenvalue weighted by Gasteiger charge is -2.21. The number of carboxylic acids is 2. The molecule has 104 valence electrons. The first-order valence-electron chi connectivity index (χ1n) is 5.53. The highest BCUT2D eigenvalue weighted by Crippen LogP contribution is 2.15. The number of esters is 1. The summed E-state index contributed by atoms with van der Waals surface area (Å²) in [5.41, 5.74) is -0.348. The van der Waals surface area contributed by atoms with Crippen molar-refractivity contribution >= 4 is 17.9 Å². The highest BCUT2D eigenvalue weighted by Gasteiger charge is 2.27. The second-order valence-electron chi connectivity index (χ2n) is 4.83.